The summed E-state index contributed by atoms with van der Waals surface area (Å²) in [6, 6.07) is 10.0. The van der Waals surface area contributed by atoms with Gasteiger partial charge in [0.2, 0.25) is 0 Å². The number of benzene rings is 1. The van der Waals surface area contributed by atoms with Gasteiger partial charge in [-0.25, -0.2) is 0 Å². The van der Waals surface area contributed by atoms with Gasteiger partial charge in [0, 0.05) is 5.75 Å². The lowest BCUT2D eigenvalue weighted by atomic mass is 10.2. The highest BCUT2D eigenvalue weighted by atomic mass is 32.2. The van der Waals surface area contributed by atoms with Crippen LogP contribution in [0.5, 0.6) is 0 Å². The number of rotatable bonds is 9. The first-order valence-electron chi connectivity index (χ1n) is 6.20. The number of hydrogen-bond donors (Lipinski definition) is 1. The maximum atomic E-state index is 9.68. The first kappa shape index (κ1) is 14.6. The largest absolute Gasteiger partial charge is 0.390 e. The van der Waals surface area contributed by atoms with E-state index in [2.05, 4.69) is 6.92 Å². The zero-order chi connectivity index (χ0) is 12.3. The molecule has 0 aromatic heterocycles. The van der Waals surface area contributed by atoms with Crippen LogP contribution < -0.4 is 0 Å². The Morgan fingerprint density at radius 2 is 2.06 bits per heavy atom. The van der Waals surface area contributed by atoms with Crippen molar-refractivity contribution < 1.29 is 9.84 Å². The van der Waals surface area contributed by atoms with Crippen LogP contribution in [0.1, 0.15) is 25.3 Å². The molecule has 96 valence electrons. The van der Waals surface area contributed by atoms with E-state index in [1.807, 2.05) is 30.3 Å². The molecule has 0 unspecified atom stereocenters. The summed E-state index contributed by atoms with van der Waals surface area (Å²) in [5.41, 5.74) is 1.15. The third-order valence-electron chi connectivity index (χ3n) is 2.37. The Bertz CT molecular complexity index is 277. The second-order valence-electron chi connectivity index (χ2n) is 4.08. The fourth-order valence-corrected chi connectivity index (χ4v) is 2.43. The van der Waals surface area contributed by atoms with Crippen LogP contribution in [-0.2, 0) is 11.3 Å². The van der Waals surface area contributed by atoms with Crippen LogP contribution in [0.25, 0.3) is 0 Å². The Labute approximate surface area is 108 Å². The fourth-order valence-electron chi connectivity index (χ4n) is 1.40. The maximum absolute atomic E-state index is 9.68. The predicted molar refractivity (Wildman–Crippen MR) is 74.3 cm³/mol. The molecule has 0 heterocycles. The van der Waals surface area contributed by atoms with Gasteiger partial charge in [0.25, 0.3) is 0 Å². The second kappa shape index (κ2) is 9.51. The highest BCUT2D eigenvalue weighted by molar-refractivity contribution is 7.99. The molecule has 1 N–H and O–H groups in total. The molecule has 0 aliphatic carbocycles. The van der Waals surface area contributed by atoms with E-state index in [1.54, 1.807) is 11.8 Å². The fraction of sp³-hybridized carbons (Fsp3) is 0.571. The van der Waals surface area contributed by atoms with Crippen molar-refractivity contribution in [3.05, 3.63) is 35.9 Å². The van der Waals surface area contributed by atoms with Crippen molar-refractivity contribution >= 4 is 11.8 Å². The van der Waals surface area contributed by atoms with Gasteiger partial charge in [-0.05, 0) is 17.7 Å². The van der Waals surface area contributed by atoms with Crippen molar-refractivity contribution in [3.8, 4) is 0 Å². The molecule has 0 spiro atoms. The van der Waals surface area contributed by atoms with Crippen LogP contribution in [0.3, 0.4) is 0 Å². The standard InChI is InChI=1S/C14H22O2S/c1-2-3-9-17-12-14(15)11-16-10-13-7-5-4-6-8-13/h4-8,14-15H,2-3,9-12H2,1H3/t14-/m1/s1. The first-order valence-corrected chi connectivity index (χ1v) is 7.36. The lowest BCUT2D eigenvalue weighted by molar-refractivity contribution is 0.0398. The molecule has 1 rings (SSSR count). The lowest BCUT2D eigenvalue weighted by Crippen LogP contribution is -2.18. The summed E-state index contributed by atoms with van der Waals surface area (Å²) in [6.45, 7) is 3.19. The Morgan fingerprint density at radius 1 is 1.29 bits per heavy atom. The molecule has 0 aliphatic heterocycles. The molecule has 0 amide bonds. The van der Waals surface area contributed by atoms with Crippen LogP contribution in [0.2, 0.25) is 0 Å². The van der Waals surface area contributed by atoms with Crippen LogP contribution >= 0.6 is 11.8 Å². The topological polar surface area (TPSA) is 29.5 Å². The Hall–Kier alpha value is -0.510. The third-order valence-corrected chi connectivity index (χ3v) is 3.57. The van der Waals surface area contributed by atoms with Crippen molar-refractivity contribution in [1.82, 2.24) is 0 Å². The summed E-state index contributed by atoms with van der Waals surface area (Å²) in [5.74, 6) is 1.90. The minimum atomic E-state index is -0.347. The van der Waals surface area contributed by atoms with E-state index >= 15 is 0 Å². The smallest absolute Gasteiger partial charge is 0.0863 e. The van der Waals surface area contributed by atoms with Crippen molar-refractivity contribution in [3.63, 3.8) is 0 Å². The van der Waals surface area contributed by atoms with E-state index < -0.39 is 0 Å². The van der Waals surface area contributed by atoms with Gasteiger partial charge >= 0.3 is 0 Å². The number of hydrogen-bond acceptors (Lipinski definition) is 3. The van der Waals surface area contributed by atoms with E-state index in [-0.39, 0.29) is 6.10 Å². The average Bonchev–Trinajstić information content (AvgIpc) is 2.36. The summed E-state index contributed by atoms with van der Waals surface area (Å²) in [6.07, 6.45) is 2.09. The van der Waals surface area contributed by atoms with Gasteiger partial charge in [-0.2, -0.15) is 11.8 Å². The molecule has 3 heteroatoms. The zero-order valence-electron chi connectivity index (χ0n) is 10.5. The minimum Gasteiger partial charge on any atom is -0.390 e. The van der Waals surface area contributed by atoms with Gasteiger partial charge in [0.15, 0.2) is 0 Å². The number of aliphatic hydroxyl groups is 1. The number of unbranched alkanes of at least 4 members (excludes halogenated alkanes) is 1. The lowest BCUT2D eigenvalue weighted by Gasteiger charge is -2.10. The van der Waals surface area contributed by atoms with Crippen LogP contribution in [0.15, 0.2) is 30.3 Å². The highest BCUT2D eigenvalue weighted by Crippen LogP contribution is 2.07. The molecular formula is C14H22O2S. The number of ether oxygens (including phenoxy) is 1. The molecule has 0 radical (unpaired) electrons. The van der Waals surface area contributed by atoms with Crippen LogP contribution in [0.4, 0.5) is 0 Å². The first-order chi connectivity index (χ1) is 8.33. The summed E-state index contributed by atoms with van der Waals surface area (Å²) in [5, 5.41) is 9.68. The summed E-state index contributed by atoms with van der Waals surface area (Å²) < 4.78 is 5.48. The molecule has 0 bridgehead atoms. The van der Waals surface area contributed by atoms with Gasteiger partial charge in [-0.15, -0.1) is 0 Å². The predicted octanol–water partition coefficient (Wildman–Crippen LogP) is 3.10. The monoisotopic (exact) mass is 254 g/mol. The number of aliphatic hydroxyl groups excluding tert-OH is 1. The van der Waals surface area contributed by atoms with Crippen molar-refractivity contribution in [2.75, 3.05) is 18.1 Å². The zero-order valence-corrected chi connectivity index (χ0v) is 11.3. The second-order valence-corrected chi connectivity index (χ2v) is 5.23. The molecule has 0 saturated carbocycles. The van der Waals surface area contributed by atoms with Gasteiger partial charge in [-0.1, -0.05) is 43.7 Å². The van der Waals surface area contributed by atoms with Crippen molar-refractivity contribution in [2.24, 2.45) is 0 Å². The normalized spacial score (nSPS) is 12.6. The summed E-state index contributed by atoms with van der Waals surface area (Å²) >= 11 is 1.80. The van der Waals surface area contributed by atoms with E-state index in [0.29, 0.717) is 13.2 Å². The van der Waals surface area contributed by atoms with Gasteiger partial charge in [-0.3, -0.25) is 0 Å². The Morgan fingerprint density at radius 3 is 2.76 bits per heavy atom. The maximum Gasteiger partial charge on any atom is 0.0863 e. The van der Waals surface area contributed by atoms with Gasteiger partial charge in [0.1, 0.15) is 0 Å². The molecular weight excluding hydrogens is 232 g/mol. The Balaban J connectivity index is 2.02. The van der Waals surface area contributed by atoms with E-state index in [0.717, 1.165) is 17.1 Å². The molecule has 1 aromatic rings. The highest BCUT2D eigenvalue weighted by Gasteiger charge is 2.04. The van der Waals surface area contributed by atoms with Gasteiger partial charge in [0.05, 0.1) is 19.3 Å². The minimum absolute atomic E-state index is 0.347. The number of thioether (sulfide) groups is 1. The quantitative estimate of drug-likeness (QED) is 0.687. The molecule has 1 aromatic carbocycles. The SMILES string of the molecule is CCCCSC[C@H](O)COCc1ccccc1. The van der Waals surface area contributed by atoms with Crippen molar-refractivity contribution in [2.45, 2.75) is 32.5 Å². The van der Waals surface area contributed by atoms with Crippen molar-refractivity contribution in [1.29, 1.82) is 0 Å². The van der Waals surface area contributed by atoms with Gasteiger partial charge < -0.3 is 9.84 Å². The van der Waals surface area contributed by atoms with E-state index in [1.165, 1.54) is 12.8 Å². The summed E-state index contributed by atoms with van der Waals surface area (Å²) in [7, 11) is 0. The Kier molecular flexibility index (Phi) is 8.14. The summed E-state index contributed by atoms with van der Waals surface area (Å²) in [4.78, 5) is 0. The van der Waals surface area contributed by atoms with Crippen LogP contribution in [-0.4, -0.2) is 29.3 Å². The molecule has 17 heavy (non-hydrogen) atoms. The molecule has 1 atom stereocenters. The van der Waals surface area contributed by atoms with Crippen LogP contribution in [0, 0.1) is 0 Å². The van der Waals surface area contributed by atoms with E-state index in [9.17, 15) is 5.11 Å². The molecule has 0 aliphatic rings. The molecule has 0 saturated heterocycles. The molecule has 0 fully saturated rings. The molecule has 2 nitrogen and oxygen atoms in total. The van der Waals surface area contributed by atoms with E-state index in [4.69, 9.17) is 4.74 Å². The average molecular weight is 254 g/mol. The third kappa shape index (κ3) is 7.42.